The van der Waals surface area contributed by atoms with Crippen molar-refractivity contribution < 1.29 is 0 Å². The zero-order valence-corrected chi connectivity index (χ0v) is 8.76. The minimum absolute atomic E-state index is 0.178. The third-order valence-corrected chi connectivity index (χ3v) is 2.58. The average molecular weight is 275 g/mol. The monoisotopic (exact) mass is 273 g/mol. The molecule has 1 nitrogen and oxygen atoms in total. The van der Waals surface area contributed by atoms with Crippen LogP contribution in [0, 0.1) is 0 Å². The van der Waals surface area contributed by atoms with Crippen molar-refractivity contribution in [3.8, 4) is 0 Å². The van der Waals surface area contributed by atoms with Crippen molar-refractivity contribution in [2.24, 2.45) is 4.99 Å². The van der Waals surface area contributed by atoms with Gasteiger partial charge in [0.05, 0.1) is 0 Å². The highest BCUT2D eigenvalue weighted by molar-refractivity contribution is 9.25. The van der Waals surface area contributed by atoms with E-state index in [0.29, 0.717) is 0 Å². The van der Waals surface area contributed by atoms with Crippen LogP contribution in [0.25, 0.3) is 0 Å². The van der Waals surface area contributed by atoms with E-state index in [4.69, 9.17) is 0 Å². The van der Waals surface area contributed by atoms with E-state index in [-0.39, 0.29) is 3.23 Å². The summed E-state index contributed by atoms with van der Waals surface area (Å²) in [6.07, 6.45) is 9.88. The van der Waals surface area contributed by atoms with Gasteiger partial charge in [0.1, 0.15) is 3.23 Å². The lowest BCUT2D eigenvalue weighted by atomic mass is 10.0. The Balaban J connectivity index is 2.45. The van der Waals surface area contributed by atoms with Crippen molar-refractivity contribution in [2.75, 3.05) is 0 Å². The van der Waals surface area contributed by atoms with E-state index in [1.807, 2.05) is 24.6 Å². The van der Waals surface area contributed by atoms with Gasteiger partial charge >= 0.3 is 0 Å². The molecule has 0 N–H and O–H groups in total. The smallest absolute Gasteiger partial charge is 0.118 e. The molecule has 0 aromatic heterocycles. The fraction of sp³-hybridized carbons (Fsp3) is 0.125. The van der Waals surface area contributed by atoms with Gasteiger partial charge in [0.15, 0.2) is 0 Å². The van der Waals surface area contributed by atoms with E-state index in [0.717, 1.165) is 0 Å². The molecule has 0 aromatic carbocycles. The van der Waals surface area contributed by atoms with E-state index in [2.05, 4.69) is 42.9 Å². The zero-order valence-electron chi connectivity index (χ0n) is 5.59. The van der Waals surface area contributed by atoms with Gasteiger partial charge in [0.25, 0.3) is 0 Å². The molecule has 56 valence electrons. The fourth-order valence-corrected chi connectivity index (χ4v) is 1.82. The lowest BCUT2D eigenvalue weighted by Crippen LogP contribution is -2.08. The highest BCUT2D eigenvalue weighted by atomic mass is 79.9. The molecule has 11 heavy (non-hydrogen) atoms. The molecule has 0 bridgehead atoms. The first-order valence-corrected chi connectivity index (χ1v) is 4.80. The molecule has 0 atom stereocenters. The van der Waals surface area contributed by atoms with Gasteiger partial charge in [-0.15, -0.1) is 0 Å². The number of halogens is 2. The van der Waals surface area contributed by atoms with E-state index >= 15 is 0 Å². The molecule has 1 aliphatic carbocycles. The van der Waals surface area contributed by atoms with Crippen molar-refractivity contribution >= 4 is 38.1 Å². The summed E-state index contributed by atoms with van der Waals surface area (Å²) >= 11 is 6.99. The number of alkyl halides is 2. The Morgan fingerprint density at radius 3 is 2.91 bits per heavy atom. The molecule has 0 amide bonds. The molecule has 0 aromatic rings. The largest absolute Gasteiger partial charge is 0.263 e. The van der Waals surface area contributed by atoms with Crippen molar-refractivity contribution in [1.29, 1.82) is 0 Å². The van der Waals surface area contributed by atoms with E-state index in [1.54, 1.807) is 0 Å². The zero-order chi connectivity index (χ0) is 7.90. The standard InChI is InChI=1S/C8H5Br2N/c9-8(10)2-1-6-4-11-5-7(6)3-8/h1-5H. The molecular formula is C8H5Br2N. The van der Waals surface area contributed by atoms with Crippen molar-refractivity contribution in [1.82, 2.24) is 0 Å². The van der Waals surface area contributed by atoms with Gasteiger partial charge in [0, 0.05) is 23.6 Å². The van der Waals surface area contributed by atoms with Gasteiger partial charge < -0.3 is 0 Å². The average Bonchev–Trinajstić information content (AvgIpc) is 2.31. The molecule has 0 saturated carbocycles. The molecule has 1 aliphatic heterocycles. The summed E-state index contributed by atoms with van der Waals surface area (Å²) in [4.78, 5) is 4.05. The number of aliphatic imine (C=N–C) groups is 1. The van der Waals surface area contributed by atoms with Crippen LogP contribution >= 0.6 is 31.9 Å². The normalized spacial score (nSPS) is 24.5. The molecular weight excluding hydrogens is 270 g/mol. The summed E-state index contributed by atoms with van der Waals surface area (Å²) in [5.74, 6) is 0. The van der Waals surface area contributed by atoms with Crippen molar-refractivity contribution in [3.63, 3.8) is 0 Å². The van der Waals surface area contributed by atoms with Crippen LogP contribution in [-0.2, 0) is 0 Å². The lowest BCUT2D eigenvalue weighted by molar-refractivity contribution is 1.31. The number of rotatable bonds is 0. The summed E-state index contributed by atoms with van der Waals surface area (Å²) < 4.78 is -0.178. The SMILES string of the molecule is BrC1(Br)C=CC2=CN=CC2=C1. The summed E-state index contributed by atoms with van der Waals surface area (Å²) in [5, 5.41) is 0. The van der Waals surface area contributed by atoms with Crippen LogP contribution in [0.5, 0.6) is 0 Å². The van der Waals surface area contributed by atoms with Crippen LogP contribution in [0.3, 0.4) is 0 Å². The predicted molar refractivity (Wildman–Crippen MR) is 54.4 cm³/mol. The third kappa shape index (κ3) is 1.40. The van der Waals surface area contributed by atoms with Crippen molar-refractivity contribution in [3.05, 3.63) is 35.6 Å². The molecule has 0 radical (unpaired) electrons. The highest BCUT2D eigenvalue weighted by Crippen LogP contribution is 2.36. The van der Waals surface area contributed by atoms with E-state index in [1.165, 1.54) is 11.1 Å². The van der Waals surface area contributed by atoms with Crippen LogP contribution in [0.4, 0.5) is 0 Å². The molecule has 0 unspecified atom stereocenters. The minimum atomic E-state index is -0.178. The van der Waals surface area contributed by atoms with E-state index < -0.39 is 0 Å². The van der Waals surface area contributed by atoms with Gasteiger partial charge in [-0.2, -0.15) is 0 Å². The molecule has 1 heterocycles. The molecule has 0 saturated heterocycles. The van der Waals surface area contributed by atoms with Crippen LogP contribution in [0.2, 0.25) is 0 Å². The number of allylic oxidation sites excluding steroid dienone is 5. The maximum absolute atomic E-state index is 4.05. The summed E-state index contributed by atoms with van der Waals surface area (Å²) in [6, 6.07) is 0. The Bertz CT molecular complexity index is 308. The quantitative estimate of drug-likeness (QED) is 0.603. The van der Waals surface area contributed by atoms with Crippen LogP contribution < -0.4 is 0 Å². The first-order chi connectivity index (χ1) is 5.17. The summed E-state index contributed by atoms with van der Waals surface area (Å²) in [7, 11) is 0. The molecule has 2 aliphatic rings. The third-order valence-electron chi connectivity index (χ3n) is 1.59. The summed E-state index contributed by atoms with van der Waals surface area (Å²) in [6.45, 7) is 0. The first-order valence-electron chi connectivity index (χ1n) is 3.21. The molecule has 2 rings (SSSR count). The number of nitrogens with zero attached hydrogens (tertiary/aromatic N) is 1. The fourth-order valence-electron chi connectivity index (χ4n) is 1.06. The predicted octanol–water partition coefficient (Wildman–Crippen LogP) is 2.94. The topological polar surface area (TPSA) is 12.4 Å². The Kier molecular flexibility index (Phi) is 1.65. The molecule has 0 spiro atoms. The Morgan fingerprint density at radius 1 is 1.27 bits per heavy atom. The van der Waals surface area contributed by atoms with Crippen LogP contribution in [0.15, 0.2) is 40.6 Å². The molecule has 0 fully saturated rings. The number of hydrogen-bond donors (Lipinski definition) is 0. The summed E-state index contributed by atoms with van der Waals surface area (Å²) in [5.41, 5.74) is 2.35. The van der Waals surface area contributed by atoms with Gasteiger partial charge in [-0.25, -0.2) is 0 Å². The maximum atomic E-state index is 4.05. The van der Waals surface area contributed by atoms with Gasteiger partial charge in [-0.05, 0) is 6.08 Å². The van der Waals surface area contributed by atoms with Crippen LogP contribution in [-0.4, -0.2) is 9.45 Å². The lowest BCUT2D eigenvalue weighted by Gasteiger charge is -2.16. The Morgan fingerprint density at radius 2 is 2.09 bits per heavy atom. The maximum Gasteiger partial charge on any atom is 0.118 e. The minimum Gasteiger partial charge on any atom is -0.263 e. The highest BCUT2D eigenvalue weighted by Gasteiger charge is 2.22. The van der Waals surface area contributed by atoms with Gasteiger partial charge in [-0.3, -0.25) is 4.99 Å². The van der Waals surface area contributed by atoms with Gasteiger partial charge in [0.2, 0.25) is 0 Å². The Hall–Kier alpha value is -0.150. The second-order valence-corrected chi connectivity index (χ2v) is 6.16. The molecule has 3 heteroatoms. The number of hydrogen-bond acceptors (Lipinski definition) is 1. The van der Waals surface area contributed by atoms with E-state index in [9.17, 15) is 0 Å². The van der Waals surface area contributed by atoms with Crippen molar-refractivity contribution in [2.45, 2.75) is 3.23 Å². The first kappa shape index (κ1) is 7.50. The van der Waals surface area contributed by atoms with Gasteiger partial charge in [-0.1, -0.05) is 44.0 Å². The Labute approximate surface area is 81.8 Å². The van der Waals surface area contributed by atoms with Crippen LogP contribution in [0.1, 0.15) is 0 Å². The second kappa shape index (κ2) is 2.42. The number of fused-ring (bicyclic) bond motifs is 1. The second-order valence-electron chi connectivity index (χ2n) is 2.47.